The maximum atomic E-state index is 12.9. The Bertz CT molecular complexity index is 755. The highest BCUT2D eigenvalue weighted by Crippen LogP contribution is 2.36. The standard InChI is InChI=1S/C21H30N2O5/c1-7-26-15-10-9-14(11-16(15)27-8-2)19-17(20(24)28-13(5)6)18(12(3)4)22-21(25)23-19/h9-13,19H,7-8H2,1-6H3,(H2,22,23,25). The van der Waals surface area contributed by atoms with Gasteiger partial charge in [-0.1, -0.05) is 19.9 Å². The lowest BCUT2D eigenvalue weighted by Gasteiger charge is -2.31. The zero-order valence-electron chi connectivity index (χ0n) is 17.4. The highest BCUT2D eigenvalue weighted by atomic mass is 16.5. The minimum atomic E-state index is -0.646. The average molecular weight is 390 g/mol. The third-order valence-corrected chi connectivity index (χ3v) is 4.14. The van der Waals surface area contributed by atoms with Crippen LogP contribution in [-0.2, 0) is 9.53 Å². The molecule has 0 aliphatic carbocycles. The van der Waals surface area contributed by atoms with Crippen LogP contribution in [0.5, 0.6) is 11.5 Å². The zero-order valence-corrected chi connectivity index (χ0v) is 17.4. The molecule has 1 unspecified atom stereocenters. The van der Waals surface area contributed by atoms with Gasteiger partial charge in [-0.05, 0) is 51.3 Å². The van der Waals surface area contributed by atoms with Gasteiger partial charge in [0.25, 0.3) is 0 Å². The van der Waals surface area contributed by atoms with Crippen molar-refractivity contribution in [1.29, 1.82) is 0 Å². The number of esters is 1. The van der Waals surface area contributed by atoms with Crippen LogP contribution in [0.2, 0.25) is 0 Å². The fraction of sp³-hybridized carbons (Fsp3) is 0.524. The van der Waals surface area contributed by atoms with E-state index in [1.165, 1.54) is 0 Å². The van der Waals surface area contributed by atoms with Crippen LogP contribution in [0.3, 0.4) is 0 Å². The van der Waals surface area contributed by atoms with Gasteiger partial charge in [0, 0.05) is 5.70 Å². The molecule has 1 heterocycles. The number of amides is 2. The summed E-state index contributed by atoms with van der Waals surface area (Å²) in [4.78, 5) is 25.1. The first-order chi connectivity index (χ1) is 13.3. The molecule has 1 aliphatic rings. The van der Waals surface area contributed by atoms with Gasteiger partial charge >= 0.3 is 12.0 Å². The summed E-state index contributed by atoms with van der Waals surface area (Å²) in [6.07, 6.45) is -0.272. The van der Waals surface area contributed by atoms with E-state index in [1.54, 1.807) is 26.0 Å². The molecule has 28 heavy (non-hydrogen) atoms. The molecule has 1 aromatic carbocycles. The predicted octanol–water partition coefficient (Wildman–Crippen LogP) is 3.70. The number of carbonyl (C=O) groups excluding carboxylic acids is 2. The number of allylic oxidation sites excluding steroid dienone is 1. The van der Waals surface area contributed by atoms with Crippen LogP contribution in [0.4, 0.5) is 4.79 Å². The van der Waals surface area contributed by atoms with Crippen molar-refractivity contribution in [2.24, 2.45) is 5.92 Å². The van der Waals surface area contributed by atoms with Crippen molar-refractivity contribution in [1.82, 2.24) is 10.6 Å². The molecule has 2 N–H and O–H groups in total. The number of benzene rings is 1. The van der Waals surface area contributed by atoms with Gasteiger partial charge in [-0.25, -0.2) is 9.59 Å². The Balaban J connectivity index is 2.56. The van der Waals surface area contributed by atoms with E-state index >= 15 is 0 Å². The molecular weight excluding hydrogens is 360 g/mol. The van der Waals surface area contributed by atoms with Crippen LogP contribution < -0.4 is 20.1 Å². The van der Waals surface area contributed by atoms with Crippen LogP contribution >= 0.6 is 0 Å². The van der Waals surface area contributed by atoms with Crippen LogP contribution in [0.15, 0.2) is 29.5 Å². The van der Waals surface area contributed by atoms with Crippen molar-refractivity contribution >= 4 is 12.0 Å². The molecule has 2 rings (SSSR count). The molecule has 1 aromatic rings. The van der Waals surface area contributed by atoms with Gasteiger partial charge in [0.05, 0.1) is 30.9 Å². The highest BCUT2D eigenvalue weighted by Gasteiger charge is 2.35. The van der Waals surface area contributed by atoms with Crippen LogP contribution in [-0.4, -0.2) is 31.3 Å². The first-order valence-electron chi connectivity index (χ1n) is 9.70. The molecule has 154 valence electrons. The molecule has 0 bridgehead atoms. The molecule has 0 saturated heterocycles. The zero-order chi connectivity index (χ0) is 20.8. The number of rotatable bonds is 8. The molecule has 0 radical (unpaired) electrons. The summed E-state index contributed by atoms with van der Waals surface area (Å²) >= 11 is 0. The van der Waals surface area contributed by atoms with E-state index in [2.05, 4.69) is 10.6 Å². The summed E-state index contributed by atoms with van der Waals surface area (Å²) in [6.45, 7) is 12.2. The van der Waals surface area contributed by atoms with Crippen LogP contribution in [0.25, 0.3) is 0 Å². The summed E-state index contributed by atoms with van der Waals surface area (Å²) in [7, 11) is 0. The first-order valence-corrected chi connectivity index (χ1v) is 9.70. The lowest BCUT2D eigenvalue weighted by atomic mass is 9.91. The maximum absolute atomic E-state index is 12.9. The van der Waals surface area contributed by atoms with Crippen molar-refractivity contribution in [3.05, 3.63) is 35.0 Å². The topological polar surface area (TPSA) is 85.9 Å². The Kier molecular flexibility index (Phi) is 7.31. The number of hydrogen-bond acceptors (Lipinski definition) is 5. The fourth-order valence-corrected chi connectivity index (χ4v) is 3.04. The number of ether oxygens (including phenoxy) is 3. The van der Waals surface area contributed by atoms with E-state index in [9.17, 15) is 9.59 Å². The van der Waals surface area contributed by atoms with Crippen molar-refractivity contribution in [3.63, 3.8) is 0 Å². The molecule has 1 atom stereocenters. The van der Waals surface area contributed by atoms with E-state index < -0.39 is 12.0 Å². The van der Waals surface area contributed by atoms with Crippen LogP contribution in [0, 0.1) is 5.92 Å². The molecule has 1 aliphatic heterocycles. The minimum Gasteiger partial charge on any atom is -0.490 e. The summed E-state index contributed by atoms with van der Waals surface area (Å²) in [5.74, 6) is 0.672. The Morgan fingerprint density at radius 2 is 1.71 bits per heavy atom. The molecule has 0 aromatic heterocycles. The SMILES string of the molecule is CCOc1ccc(C2NC(=O)NC(C(C)C)=C2C(=O)OC(C)C)cc1OCC. The number of urea groups is 1. The van der Waals surface area contributed by atoms with Gasteiger partial charge in [-0.3, -0.25) is 0 Å². The number of hydrogen-bond donors (Lipinski definition) is 2. The Labute approximate surface area is 166 Å². The second kappa shape index (κ2) is 9.48. The van der Waals surface area contributed by atoms with Crippen molar-refractivity contribution < 1.29 is 23.8 Å². The lowest BCUT2D eigenvalue weighted by Crippen LogP contribution is -2.47. The lowest BCUT2D eigenvalue weighted by molar-refractivity contribution is -0.143. The highest BCUT2D eigenvalue weighted by molar-refractivity contribution is 5.95. The first kappa shape index (κ1) is 21.6. The molecule has 0 fully saturated rings. The molecule has 0 spiro atoms. The summed E-state index contributed by atoms with van der Waals surface area (Å²) in [5, 5.41) is 5.60. The quantitative estimate of drug-likeness (QED) is 0.661. The molecule has 7 heteroatoms. The van der Waals surface area contributed by atoms with Gasteiger partial charge in [-0.15, -0.1) is 0 Å². The largest absolute Gasteiger partial charge is 0.490 e. The van der Waals surface area contributed by atoms with E-state index in [0.29, 0.717) is 36.0 Å². The van der Waals surface area contributed by atoms with Gasteiger partial charge in [0.15, 0.2) is 11.5 Å². The van der Waals surface area contributed by atoms with Gasteiger partial charge in [0.1, 0.15) is 0 Å². The number of carbonyl (C=O) groups is 2. The van der Waals surface area contributed by atoms with Crippen molar-refractivity contribution in [2.75, 3.05) is 13.2 Å². The summed E-state index contributed by atoms with van der Waals surface area (Å²) in [5.41, 5.74) is 1.68. The molecule has 2 amide bonds. The average Bonchev–Trinajstić information content (AvgIpc) is 2.62. The second-order valence-electron chi connectivity index (χ2n) is 7.04. The second-order valence-corrected chi connectivity index (χ2v) is 7.04. The molecule has 7 nitrogen and oxygen atoms in total. The van der Waals surface area contributed by atoms with Crippen LogP contribution in [0.1, 0.15) is 53.1 Å². The van der Waals surface area contributed by atoms with Gasteiger partial charge in [0.2, 0.25) is 0 Å². The predicted molar refractivity (Wildman–Crippen MR) is 106 cm³/mol. The van der Waals surface area contributed by atoms with E-state index in [1.807, 2.05) is 33.8 Å². The van der Waals surface area contributed by atoms with Gasteiger partial charge in [-0.2, -0.15) is 0 Å². The van der Waals surface area contributed by atoms with E-state index in [4.69, 9.17) is 14.2 Å². The van der Waals surface area contributed by atoms with Crippen molar-refractivity contribution in [2.45, 2.75) is 53.7 Å². The summed E-state index contributed by atoms with van der Waals surface area (Å²) in [6, 6.07) is 4.41. The monoisotopic (exact) mass is 390 g/mol. The number of nitrogens with one attached hydrogen (secondary N) is 2. The fourth-order valence-electron chi connectivity index (χ4n) is 3.04. The smallest absolute Gasteiger partial charge is 0.338 e. The van der Waals surface area contributed by atoms with Crippen molar-refractivity contribution in [3.8, 4) is 11.5 Å². The van der Waals surface area contributed by atoms with E-state index in [0.717, 1.165) is 5.56 Å². The Morgan fingerprint density at radius 1 is 1.07 bits per heavy atom. The summed E-state index contributed by atoms with van der Waals surface area (Å²) < 4.78 is 16.8. The normalized spacial score (nSPS) is 16.7. The minimum absolute atomic E-state index is 0.0580. The third-order valence-electron chi connectivity index (χ3n) is 4.14. The van der Waals surface area contributed by atoms with Gasteiger partial charge < -0.3 is 24.8 Å². The maximum Gasteiger partial charge on any atom is 0.338 e. The third kappa shape index (κ3) is 4.97. The Hall–Kier alpha value is -2.70. The Morgan fingerprint density at radius 3 is 2.29 bits per heavy atom. The molecular formula is C21H30N2O5. The van der Waals surface area contributed by atoms with E-state index in [-0.39, 0.29) is 18.1 Å². The molecule has 0 saturated carbocycles.